The number of ether oxygens (including phenoxy) is 1. The number of carbonyl (C=O) groups is 2. The van der Waals surface area contributed by atoms with E-state index in [-0.39, 0.29) is 24.5 Å². The summed E-state index contributed by atoms with van der Waals surface area (Å²) < 4.78 is 5.70. The lowest BCUT2D eigenvalue weighted by molar-refractivity contribution is -0.121. The van der Waals surface area contributed by atoms with Gasteiger partial charge >= 0.3 is 0 Å². The Morgan fingerprint density at radius 2 is 1.83 bits per heavy atom. The fraction of sp³-hybridized carbons (Fsp3) is 0.455. The van der Waals surface area contributed by atoms with Gasteiger partial charge in [-0.25, -0.2) is 4.98 Å². The van der Waals surface area contributed by atoms with Gasteiger partial charge in [-0.1, -0.05) is 30.3 Å². The first kappa shape index (κ1) is 20.8. The molecule has 3 rings (SSSR count). The minimum Gasteiger partial charge on any atom is -0.476 e. The largest absolute Gasteiger partial charge is 0.476 e. The molecule has 1 aliphatic rings. The van der Waals surface area contributed by atoms with E-state index in [1.165, 1.54) is 19.3 Å². The van der Waals surface area contributed by atoms with E-state index in [0.717, 1.165) is 18.9 Å². The average molecular weight is 396 g/mol. The number of rotatable bonds is 9. The van der Waals surface area contributed by atoms with Crippen LogP contribution in [0.15, 0.2) is 36.4 Å². The molecule has 0 aliphatic carbocycles. The molecule has 154 valence electrons. The SMILES string of the molecule is Cc1nc(OCCNC(=O)CCC(=O)c2ccccc2)cc(N2CCCCC2)n1. The summed E-state index contributed by atoms with van der Waals surface area (Å²) in [5, 5.41) is 2.78. The summed E-state index contributed by atoms with van der Waals surface area (Å²) in [4.78, 5) is 35.1. The molecule has 7 heteroatoms. The molecular formula is C22H28N4O3. The Kier molecular flexibility index (Phi) is 7.55. The molecule has 0 radical (unpaired) electrons. The summed E-state index contributed by atoms with van der Waals surface area (Å²) in [5.74, 6) is 1.90. The average Bonchev–Trinajstić information content (AvgIpc) is 2.76. The van der Waals surface area contributed by atoms with Crippen molar-refractivity contribution in [3.63, 3.8) is 0 Å². The first-order valence-electron chi connectivity index (χ1n) is 10.2. The van der Waals surface area contributed by atoms with Crippen LogP contribution in [0.3, 0.4) is 0 Å². The van der Waals surface area contributed by atoms with Gasteiger partial charge in [-0.05, 0) is 26.2 Å². The highest BCUT2D eigenvalue weighted by molar-refractivity contribution is 5.97. The molecule has 0 unspecified atom stereocenters. The summed E-state index contributed by atoms with van der Waals surface area (Å²) in [6, 6.07) is 10.9. The second-order valence-corrected chi connectivity index (χ2v) is 7.15. The molecule has 0 bridgehead atoms. The number of anilines is 1. The van der Waals surface area contributed by atoms with E-state index in [1.807, 2.05) is 31.2 Å². The predicted molar refractivity (Wildman–Crippen MR) is 111 cm³/mol. The molecule has 1 saturated heterocycles. The van der Waals surface area contributed by atoms with Crippen LogP contribution in [0.25, 0.3) is 0 Å². The third-order valence-corrected chi connectivity index (χ3v) is 4.83. The maximum atomic E-state index is 12.0. The van der Waals surface area contributed by atoms with Crippen molar-refractivity contribution in [3.8, 4) is 5.88 Å². The zero-order valence-electron chi connectivity index (χ0n) is 16.9. The zero-order chi connectivity index (χ0) is 20.5. The molecule has 7 nitrogen and oxygen atoms in total. The smallest absolute Gasteiger partial charge is 0.220 e. The number of nitrogens with one attached hydrogen (secondary N) is 1. The molecule has 0 saturated carbocycles. The number of nitrogens with zero attached hydrogens (tertiary/aromatic N) is 3. The Bertz CT molecular complexity index is 820. The number of Topliss-reactive ketones (excluding diaryl/α,β-unsaturated/α-hetero) is 1. The summed E-state index contributed by atoms with van der Waals surface area (Å²) in [5.41, 5.74) is 0.632. The molecule has 29 heavy (non-hydrogen) atoms. The minimum atomic E-state index is -0.161. The molecule has 2 aromatic rings. The van der Waals surface area contributed by atoms with Gasteiger partial charge in [0.05, 0.1) is 6.54 Å². The van der Waals surface area contributed by atoms with Crippen molar-refractivity contribution in [2.24, 2.45) is 0 Å². The van der Waals surface area contributed by atoms with Gasteiger partial charge in [-0.3, -0.25) is 9.59 Å². The molecular weight excluding hydrogens is 368 g/mol. The van der Waals surface area contributed by atoms with Crippen molar-refractivity contribution >= 4 is 17.5 Å². The van der Waals surface area contributed by atoms with Crippen LogP contribution < -0.4 is 15.0 Å². The van der Waals surface area contributed by atoms with E-state index >= 15 is 0 Å². The van der Waals surface area contributed by atoms with Crippen LogP contribution in [0.4, 0.5) is 5.82 Å². The van der Waals surface area contributed by atoms with Gasteiger partial charge in [0, 0.05) is 37.6 Å². The van der Waals surface area contributed by atoms with Crippen LogP contribution >= 0.6 is 0 Å². The maximum Gasteiger partial charge on any atom is 0.220 e. The number of piperidine rings is 1. The topological polar surface area (TPSA) is 84.4 Å². The lowest BCUT2D eigenvalue weighted by Gasteiger charge is -2.28. The Balaban J connectivity index is 1.39. The quantitative estimate of drug-likeness (QED) is 0.518. The van der Waals surface area contributed by atoms with Crippen molar-refractivity contribution in [1.82, 2.24) is 15.3 Å². The third kappa shape index (κ3) is 6.55. The van der Waals surface area contributed by atoms with E-state index < -0.39 is 0 Å². The molecule has 1 aromatic heterocycles. The predicted octanol–water partition coefficient (Wildman–Crippen LogP) is 2.93. The molecule has 1 N–H and O–H groups in total. The van der Waals surface area contributed by atoms with Crippen molar-refractivity contribution < 1.29 is 14.3 Å². The Morgan fingerprint density at radius 3 is 2.59 bits per heavy atom. The van der Waals surface area contributed by atoms with Gasteiger partial charge in [-0.2, -0.15) is 4.98 Å². The normalized spacial score (nSPS) is 13.8. The van der Waals surface area contributed by atoms with E-state index in [4.69, 9.17) is 4.74 Å². The number of benzene rings is 1. The van der Waals surface area contributed by atoms with Crippen molar-refractivity contribution in [3.05, 3.63) is 47.8 Å². The fourth-order valence-corrected chi connectivity index (χ4v) is 3.31. The van der Waals surface area contributed by atoms with Gasteiger partial charge in [0.2, 0.25) is 11.8 Å². The highest BCUT2D eigenvalue weighted by atomic mass is 16.5. The molecule has 1 aromatic carbocycles. The van der Waals surface area contributed by atoms with Crippen molar-refractivity contribution in [2.75, 3.05) is 31.1 Å². The number of carbonyl (C=O) groups excluding carboxylic acids is 2. The van der Waals surface area contributed by atoms with E-state index in [9.17, 15) is 9.59 Å². The van der Waals surface area contributed by atoms with E-state index in [1.54, 1.807) is 12.1 Å². The lowest BCUT2D eigenvalue weighted by Crippen LogP contribution is -2.30. The minimum absolute atomic E-state index is 0.0290. The van der Waals surface area contributed by atoms with E-state index in [2.05, 4.69) is 20.2 Å². The van der Waals surface area contributed by atoms with Gasteiger partial charge in [0.1, 0.15) is 18.2 Å². The van der Waals surface area contributed by atoms with Gasteiger partial charge in [0.25, 0.3) is 0 Å². The molecule has 2 heterocycles. The number of ketones is 1. The Hall–Kier alpha value is -2.96. The summed E-state index contributed by atoms with van der Waals surface area (Å²) in [7, 11) is 0. The Morgan fingerprint density at radius 1 is 1.07 bits per heavy atom. The maximum absolute atomic E-state index is 12.0. The lowest BCUT2D eigenvalue weighted by atomic mass is 10.1. The standard InChI is InChI=1S/C22H28N4O3/c1-17-24-20(26-13-6-3-7-14-26)16-22(25-17)29-15-12-23-21(28)11-10-19(27)18-8-4-2-5-9-18/h2,4-5,8-9,16H,3,6-7,10-15H2,1H3,(H,23,28). The second kappa shape index (κ2) is 10.5. The fourth-order valence-electron chi connectivity index (χ4n) is 3.31. The highest BCUT2D eigenvalue weighted by Crippen LogP contribution is 2.21. The van der Waals surface area contributed by atoms with E-state index in [0.29, 0.717) is 30.4 Å². The zero-order valence-corrected chi connectivity index (χ0v) is 16.9. The number of hydrogen-bond donors (Lipinski definition) is 1. The van der Waals surface area contributed by atoms with Crippen LogP contribution in [-0.4, -0.2) is 47.9 Å². The molecule has 1 aliphatic heterocycles. The van der Waals surface area contributed by atoms with Crippen LogP contribution in [0.2, 0.25) is 0 Å². The number of aryl methyl sites for hydroxylation is 1. The monoisotopic (exact) mass is 396 g/mol. The molecule has 0 spiro atoms. The second-order valence-electron chi connectivity index (χ2n) is 7.15. The van der Waals surface area contributed by atoms with Crippen molar-refractivity contribution in [1.29, 1.82) is 0 Å². The molecule has 1 fully saturated rings. The third-order valence-electron chi connectivity index (χ3n) is 4.83. The number of hydrogen-bond acceptors (Lipinski definition) is 6. The summed E-state index contributed by atoms with van der Waals surface area (Å²) in [6.45, 7) is 4.54. The number of amides is 1. The highest BCUT2D eigenvalue weighted by Gasteiger charge is 2.14. The van der Waals surface area contributed by atoms with Gasteiger partial charge in [0.15, 0.2) is 5.78 Å². The summed E-state index contributed by atoms with van der Waals surface area (Å²) in [6.07, 6.45) is 3.98. The van der Waals surface area contributed by atoms with Gasteiger partial charge < -0.3 is 15.0 Å². The van der Waals surface area contributed by atoms with Gasteiger partial charge in [-0.15, -0.1) is 0 Å². The van der Waals surface area contributed by atoms with Crippen LogP contribution in [0, 0.1) is 6.92 Å². The molecule has 0 atom stereocenters. The van der Waals surface area contributed by atoms with Crippen molar-refractivity contribution in [2.45, 2.75) is 39.0 Å². The van der Waals surface area contributed by atoms with Crippen LogP contribution in [0.5, 0.6) is 5.88 Å². The van der Waals surface area contributed by atoms with Crippen LogP contribution in [0.1, 0.15) is 48.3 Å². The van der Waals surface area contributed by atoms with Crippen LogP contribution in [-0.2, 0) is 4.79 Å². The molecule has 1 amide bonds. The summed E-state index contributed by atoms with van der Waals surface area (Å²) >= 11 is 0. The first-order valence-corrected chi connectivity index (χ1v) is 10.2. The number of aromatic nitrogens is 2. The Labute approximate surface area is 171 Å². The first-order chi connectivity index (χ1) is 14.1.